The maximum atomic E-state index is 12.1. The van der Waals surface area contributed by atoms with Crippen LogP contribution in [-0.2, 0) is 22.7 Å². The number of benzene rings is 2. The SMILES string of the molecule is C[N+](C)(C)c1ccc(CC(=O)OCn2ccc3ccccc32)cc1. The number of rotatable bonds is 5. The van der Waals surface area contributed by atoms with Gasteiger partial charge >= 0.3 is 5.97 Å². The van der Waals surface area contributed by atoms with Gasteiger partial charge in [-0.2, -0.15) is 0 Å². The average Bonchev–Trinajstić information content (AvgIpc) is 2.96. The lowest BCUT2D eigenvalue weighted by Gasteiger charge is -2.23. The summed E-state index contributed by atoms with van der Waals surface area (Å²) < 4.78 is 8.11. The van der Waals surface area contributed by atoms with Gasteiger partial charge < -0.3 is 9.30 Å². The third kappa shape index (κ3) is 3.66. The number of para-hydroxylation sites is 1. The molecule has 3 rings (SSSR count). The molecule has 0 aliphatic rings. The lowest BCUT2D eigenvalue weighted by molar-refractivity contribution is -0.146. The highest BCUT2D eigenvalue weighted by Gasteiger charge is 2.12. The lowest BCUT2D eigenvalue weighted by Crippen LogP contribution is -2.34. The van der Waals surface area contributed by atoms with E-state index in [4.69, 9.17) is 4.74 Å². The minimum Gasteiger partial charge on any atom is -0.444 e. The Balaban J connectivity index is 1.60. The summed E-state index contributed by atoms with van der Waals surface area (Å²) in [6.45, 7) is 0.239. The first-order chi connectivity index (χ1) is 11.4. The van der Waals surface area contributed by atoms with E-state index in [2.05, 4.69) is 33.3 Å². The van der Waals surface area contributed by atoms with Crippen LogP contribution in [0.3, 0.4) is 0 Å². The highest BCUT2D eigenvalue weighted by molar-refractivity contribution is 5.80. The van der Waals surface area contributed by atoms with Crippen molar-refractivity contribution < 1.29 is 9.53 Å². The zero-order valence-corrected chi connectivity index (χ0v) is 14.4. The first-order valence-corrected chi connectivity index (χ1v) is 8.04. The Labute approximate surface area is 142 Å². The Morgan fingerprint density at radius 1 is 1.00 bits per heavy atom. The van der Waals surface area contributed by atoms with Crippen LogP contribution in [0.5, 0.6) is 0 Å². The van der Waals surface area contributed by atoms with Crippen LogP contribution in [0.4, 0.5) is 5.69 Å². The van der Waals surface area contributed by atoms with Gasteiger partial charge in [-0.1, -0.05) is 30.3 Å². The molecule has 4 heteroatoms. The van der Waals surface area contributed by atoms with Crippen LogP contribution >= 0.6 is 0 Å². The number of carbonyl (C=O) groups excluding carboxylic acids is 1. The van der Waals surface area contributed by atoms with E-state index in [0.29, 0.717) is 0 Å². The largest absolute Gasteiger partial charge is 0.444 e. The summed E-state index contributed by atoms with van der Waals surface area (Å²) in [6, 6.07) is 18.2. The molecule has 0 saturated carbocycles. The van der Waals surface area contributed by atoms with E-state index in [1.54, 1.807) is 0 Å². The molecule has 1 aromatic heterocycles. The maximum Gasteiger partial charge on any atom is 0.311 e. The third-order valence-corrected chi connectivity index (χ3v) is 4.10. The number of quaternary nitrogens is 1. The first-order valence-electron chi connectivity index (χ1n) is 8.04. The molecule has 0 amide bonds. The highest BCUT2D eigenvalue weighted by Crippen LogP contribution is 2.18. The molecule has 3 aromatic rings. The van der Waals surface area contributed by atoms with Crippen molar-refractivity contribution in [3.63, 3.8) is 0 Å². The topological polar surface area (TPSA) is 31.2 Å². The number of hydrogen-bond acceptors (Lipinski definition) is 2. The maximum absolute atomic E-state index is 12.1. The molecule has 0 aliphatic heterocycles. The van der Waals surface area contributed by atoms with E-state index in [9.17, 15) is 4.79 Å². The summed E-state index contributed by atoms with van der Waals surface area (Å²) >= 11 is 0. The Morgan fingerprint density at radius 3 is 2.42 bits per heavy atom. The molecule has 4 nitrogen and oxygen atoms in total. The Kier molecular flexibility index (Phi) is 4.40. The zero-order valence-electron chi connectivity index (χ0n) is 14.4. The highest BCUT2D eigenvalue weighted by atomic mass is 16.5. The van der Waals surface area contributed by atoms with Gasteiger partial charge in [0.05, 0.1) is 33.1 Å². The summed E-state index contributed by atoms with van der Waals surface area (Å²) in [7, 11) is 6.35. The molecule has 0 aliphatic carbocycles. The van der Waals surface area contributed by atoms with Gasteiger partial charge in [0.15, 0.2) is 6.73 Å². The minimum atomic E-state index is -0.217. The van der Waals surface area contributed by atoms with Crippen LogP contribution in [0, 0.1) is 0 Å². The van der Waals surface area contributed by atoms with Gasteiger partial charge in [0, 0.05) is 6.20 Å². The molecular weight excluding hydrogens is 300 g/mol. The minimum absolute atomic E-state index is 0.217. The molecule has 0 saturated heterocycles. The summed E-state index contributed by atoms with van der Waals surface area (Å²) in [5, 5.41) is 1.14. The molecule has 0 radical (unpaired) electrons. The van der Waals surface area contributed by atoms with E-state index in [0.717, 1.165) is 20.9 Å². The van der Waals surface area contributed by atoms with Crippen LogP contribution in [0.15, 0.2) is 60.8 Å². The van der Waals surface area contributed by atoms with Crippen LogP contribution in [-0.4, -0.2) is 31.7 Å². The van der Waals surface area contributed by atoms with E-state index in [1.165, 1.54) is 5.69 Å². The van der Waals surface area contributed by atoms with Crippen molar-refractivity contribution in [2.75, 3.05) is 21.1 Å². The molecule has 0 bridgehead atoms. The molecular formula is C20H23N2O2+. The molecule has 0 atom stereocenters. The van der Waals surface area contributed by atoms with Gasteiger partial charge in [-0.25, -0.2) is 0 Å². The first kappa shape index (κ1) is 16.3. The molecule has 0 fully saturated rings. The zero-order chi connectivity index (χ0) is 17.2. The number of fused-ring (bicyclic) bond motifs is 1. The second-order valence-electron chi connectivity index (χ2n) is 6.85. The molecule has 0 N–H and O–H groups in total. The lowest BCUT2D eigenvalue weighted by atomic mass is 10.1. The van der Waals surface area contributed by atoms with Crippen molar-refractivity contribution in [1.82, 2.24) is 9.05 Å². The number of hydrogen-bond donors (Lipinski definition) is 0. The Hall–Kier alpha value is -2.59. The predicted octanol–water partition coefficient (Wildman–Crippen LogP) is 3.58. The van der Waals surface area contributed by atoms with Crippen LogP contribution in [0.25, 0.3) is 10.9 Å². The number of esters is 1. The monoisotopic (exact) mass is 323 g/mol. The van der Waals surface area contributed by atoms with E-state index < -0.39 is 0 Å². The summed E-state index contributed by atoms with van der Waals surface area (Å²) in [5.41, 5.74) is 3.23. The third-order valence-electron chi connectivity index (χ3n) is 4.10. The van der Waals surface area contributed by atoms with Gasteiger partial charge in [0.25, 0.3) is 0 Å². The van der Waals surface area contributed by atoms with E-state index >= 15 is 0 Å². The number of aromatic nitrogens is 1. The quantitative estimate of drug-likeness (QED) is 0.531. The van der Waals surface area contributed by atoms with Crippen molar-refractivity contribution >= 4 is 22.6 Å². The standard InChI is InChI=1S/C20H23N2O2/c1-22(2,3)18-10-8-16(9-11-18)14-20(23)24-15-21-13-12-17-6-4-5-7-19(17)21/h4-13H,14-15H2,1-3H3/q+1. The number of carbonyl (C=O) groups is 1. The van der Waals surface area contributed by atoms with Crippen molar-refractivity contribution in [1.29, 1.82) is 0 Å². The van der Waals surface area contributed by atoms with Crippen molar-refractivity contribution in [3.8, 4) is 0 Å². The smallest absolute Gasteiger partial charge is 0.311 e. The summed E-state index contributed by atoms with van der Waals surface area (Å²) in [6.07, 6.45) is 2.23. The van der Waals surface area contributed by atoms with E-state index in [-0.39, 0.29) is 19.1 Å². The molecule has 24 heavy (non-hydrogen) atoms. The fourth-order valence-corrected chi connectivity index (χ4v) is 2.67. The number of nitrogens with zero attached hydrogens (tertiary/aromatic N) is 2. The van der Waals surface area contributed by atoms with Crippen molar-refractivity contribution in [2.24, 2.45) is 0 Å². The van der Waals surface area contributed by atoms with E-state index in [1.807, 2.05) is 53.2 Å². The van der Waals surface area contributed by atoms with Crippen molar-refractivity contribution in [3.05, 3.63) is 66.4 Å². The molecule has 1 heterocycles. The average molecular weight is 323 g/mol. The normalized spacial score (nSPS) is 11.6. The molecule has 0 spiro atoms. The predicted molar refractivity (Wildman–Crippen MR) is 97.7 cm³/mol. The van der Waals surface area contributed by atoms with Gasteiger partial charge in [-0.15, -0.1) is 0 Å². The fraction of sp³-hybridized carbons (Fsp3) is 0.250. The Morgan fingerprint density at radius 2 is 1.71 bits per heavy atom. The fourth-order valence-electron chi connectivity index (χ4n) is 2.67. The second kappa shape index (κ2) is 6.49. The molecule has 2 aromatic carbocycles. The van der Waals surface area contributed by atoms with Crippen LogP contribution in [0.2, 0.25) is 0 Å². The van der Waals surface area contributed by atoms with Crippen LogP contribution < -0.4 is 4.48 Å². The second-order valence-corrected chi connectivity index (χ2v) is 6.85. The van der Waals surface area contributed by atoms with Crippen molar-refractivity contribution in [2.45, 2.75) is 13.2 Å². The number of ether oxygens (including phenoxy) is 1. The van der Waals surface area contributed by atoms with Gasteiger partial charge in [-0.3, -0.25) is 9.28 Å². The van der Waals surface area contributed by atoms with Gasteiger partial charge in [-0.05, 0) is 35.2 Å². The molecule has 124 valence electrons. The molecule has 0 unspecified atom stereocenters. The summed E-state index contributed by atoms with van der Waals surface area (Å²) in [5.74, 6) is -0.217. The van der Waals surface area contributed by atoms with Gasteiger partial charge in [0.1, 0.15) is 5.69 Å². The van der Waals surface area contributed by atoms with Crippen LogP contribution in [0.1, 0.15) is 5.56 Å². The summed E-state index contributed by atoms with van der Waals surface area (Å²) in [4.78, 5) is 12.1. The Bertz CT molecular complexity index is 842. The van der Waals surface area contributed by atoms with Gasteiger partial charge in [0.2, 0.25) is 0 Å².